The quantitative estimate of drug-likeness (QED) is 0.798. The molecule has 0 aromatic heterocycles. The lowest BCUT2D eigenvalue weighted by Crippen LogP contribution is -2.51. The number of aryl methyl sites for hydroxylation is 2. The predicted molar refractivity (Wildman–Crippen MR) is 105 cm³/mol. The first-order valence-electron chi connectivity index (χ1n) is 10.2. The van der Waals surface area contributed by atoms with Crippen LogP contribution in [-0.2, 0) is 14.3 Å². The Labute approximate surface area is 166 Å². The monoisotopic (exact) mass is 386 g/mol. The van der Waals surface area contributed by atoms with E-state index in [2.05, 4.69) is 19.9 Å². The van der Waals surface area contributed by atoms with Crippen LogP contribution in [0.15, 0.2) is 12.1 Å². The van der Waals surface area contributed by atoms with Crippen LogP contribution >= 0.6 is 0 Å². The summed E-state index contributed by atoms with van der Waals surface area (Å²) in [4.78, 5) is 29.5. The summed E-state index contributed by atoms with van der Waals surface area (Å²) in [6, 6.07) is 3.96. The Balaban J connectivity index is 1.49. The second kappa shape index (κ2) is 6.76. The SMILES string of the molecule is Cc1ccc(C)c(OCC(=O)N2CC[C@@]34OC[C@@H](C(C)C)N3C(=O)C[C@@H]24)c1C. The number of nitrogens with zero attached hydrogens (tertiary/aromatic N) is 2. The Morgan fingerprint density at radius 1 is 1.29 bits per heavy atom. The van der Waals surface area contributed by atoms with Crippen molar-refractivity contribution in [3.05, 3.63) is 28.8 Å². The molecule has 3 saturated heterocycles. The number of hydrogen-bond donors (Lipinski definition) is 0. The average Bonchev–Trinajstić information content (AvgIpc) is 3.27. The van der Waals surface area contributed by atoms with Crippen LogP contribution < -0.4 is 4.74 Å². The van der Waals surface area contributed by atoms with Crippen molar-refractivity contribution in [1.82, 2.24) is 9.80 Å². The van der Waals surface area contributed by atoms with E-state index in [9.17, 15) is 9.59 Å². The minimum atomic E-state index is -0.628. The van der Waals surface area contributed by atoms with E-state index in [1.165, 1.54) is 0 Å². The summed E-state index contributed by atoms with van der Waals surface area (Å²) in [7, 11) is 0. The van der Waals surface area contributed by atoms with Crippen LogP contribution in [0.4, 0.5) is 0 Å². The molecule has 0 radical (unpaired) electrons. The van der Waals surface area contributed by atoms with Gasteiger partial charge >= 0.3 is 0 Å². The smallest absolute Gasteiger partial charge is 0.260 e. The molecule has 3 fully saturated rings. The summed E-state index contributed by atoms with van der Waals surface area (Å²) in [6.45, 7) is 11.4. The number of carbonyl (C=O) groups excluding carboxylic acids is 2. The highest BCUT2D eigenvalue weighted by Crippen LogP contribution is 2.48. The molecule has 6 nitrogen and oxygen atoms in total. The number of ether oxygens (including phenoxy) is 2. The van der Waals surface area contributed by atoms with Gasteiger partial charge in [-0.05, 0) is 43.4 Å². The van der Waals surface area contributed by atoms with Crippen molar-refractivity contribution < 1.29 is 19.1 Å². The van der Waals surface area contributed by atoms with E-state index in [0.29, 0.717) is 31.9 Å². The molecule has 1 aromatic carbocycles. The lowest BCUT2D eigenvalue weighted by Gasteiger charge is -2.34. The molecule has 1 aromatic rings. The van der Waals surface area contributed by atoms with E-state index >= 15 is 0 Å². The van der Waals surface area contributed by atoms with Gasteiger partial charge in [0.1, 0.15) is 5.75 Å². The van der Waals surface area contributed by atoms with Crippen molar-refractivity contribution in [2.45, 2.75) is 65.3 Å². The summed E-state index contributed by atoms with van der Waals surface area (Å²) in [5.74, 6) is 1.14. The van der Waals surface area contributed by atoms with Crippen molar-refractivity contribution in [1.29, 1.82) is 0 Å². The standard InChI is InChI=1S/C22H30N2O4/c1-13(2)17-11-28-22-8-9-23(18(22)10-19(25)24(17)22)20(26)12-27-21-15(4)7-6-14(3)16(21)5/h6-7,13,17-18H,8-12H2,1-5H3/t17-,18+,22-/m0/s1. The van der Waals surface area contributed by atoms with Gasteiger partial charge in [0.15, 0.2) is 12.3 Å². The number of amides is 2. The maximum Gasteiger partial charge on any atom is 0.260 e. The molecule has 0 saturated carbocycles. The van der Waals surface area contributed by atoms with Crippen molar-refractivity contribution in [2.75, 3.05) is 19.8 Å². The van der Waals surface area contributed by atoms with E-state index in [1.54, 1.807) is 4.90 Å². The molecule has 152 valence electrons. The van der Waals surface area contributed by atoms with Gasteiger partial charge in [-0.2, -0.15) is 0 Å². The van der Waals surface area contributed by atoms with Gasteiger partial charge in [-0.15, -0.1) is 0 Å². The molecule has 28 heavy (non-hydrogen) atoms. The summed E-state index contributed by atoms with van der Waals surface area (Å²) >= 11 is 0. The van der Waals surface area contributed by atoms with Crippen LogP contribution in [0.5, 0.6) is 5.75 Å². The first-order chi connectivity index (χ1) is 13.3. The third kappa shape index (κ3) is 2.72. The molecule has 0 aliphatic carbocycles. The molecule has 3 aliphatic rings. The van der Waals surface area contributed by atoms with Gasteiger partial charge in [-0.25, -0.2) is 0 Å². The zero-order valence-corrected chi connectivity index (χ0v) is 17.4. The van der Waals surface area contributed by atoms with Crippen LogP contribution in [0.25, 0.3) is 0 Å². The first kappa shape index (κ1) is 19.2. The average molecular weight is 386 g/mol. The van der Waals surface area contributed by atoms with Crippen LogP contribution in [0.3, 0.4) is 0 Å². The zero-order chi connectivity index (χ0) is 20.2. The molecule has 3 heterocycles. The van der Waals surface area contributed by atoms with Gasteiger partial charge < -0.3 is 19.3 Å². The van der Waals surface area contributed by atoms with E-state index in [1.807, 2.05) is 31.7 Å². The fraction of sp³-hybridized carbons (Fsp3) is 0.636. The highest BCUT2D eigenvalue weighted by Gasteiger charge is 2.65. The van der Waals surface area contributed by atoms with Gasteiger partial charge in [-0.3, -0.25) is 9.59 Å². The second-order valence-electron chi connectivity index (χ2n) is 8.73. The third-order valence-corrected chi connectivity index (χ3v) is 6.79. The van der Waals surface area contributed by atoms with E-state index < -0.39 is 5.72 Å². The first-order valence-corrected chi connectivity index (χ1v) is 10.2. The Morgan fingerprint density at radius 2 is 2.00 bits per heavy atom. The molecule has 0 N–H and O–H groups in total. The Kier molecular flexibility index (Phi) is 4.65. The molecule has 1 spiro atoms. The molecule has 0 bridgehead atoms. The maximum absolute atomic E-state index is 13.0. The van der Waals surface area contributed by atoms with Crippen LogP contribution in [-0.4, -0.2) is 59.2 Å². The van der Waals surface area contributed by atoms with E-state index in [4.69, 9.17) is 9.47 Å². The van der Waals surface area contributed by atoms with Crippen LogP contribution in [0.2, 0.25) is 0 Å². The largest absolute Gasteiger partial charge is 0.483 e. The summed E-state index contributed by atoms with van der Waals surface area (Å²) < 4.78 is 12.1. The Morgan fingerprint density at radius 3 is 2.71 bits per heavy atom. The number of benzene rings is 1. The van der Waals surface area contributed by atoms with E-state index in [-0.39, 0.29) is 30.5 Å². The Hall–Kier alpha value is -2.08. The topological polar surface area (TPSA) is 59.1 Å². The highest BCUT2D eigenvalue weighted by molar-refractivity contribution is 5.85. The zero-order valence-electron chi connectivity index (χ0n) is 17.4. The number of rotatable bonds is 4. The highest BCUT2D eigenvalue weighted by atomic mass is 16.5. The molecule has 3 atom stereocenters. The van der Waals surface area contributed by atoms with Gasteiger partial charge in [0.05, 0.1) is 25.1 Å². The number of hydrogen-bond acceptors (Lipinski definition) is 4. The molecule has 4 rings (SSSR count). The molecule has 0 unspecified atom stereocenters. The Bertz CT molecular complexity index is 821. The second-order valence-corrected chi connectivity index (χ2v) is 8.73. The fourth-order valence-electron chi connectivity index (χ4n) is 5.03. The van der Waals surface area contributed by atoms with Gasteiger partial charge in [0, 0.05) is 13.0 Å². The van der Waals surface area contributed by atoms with Crippen molar-refractivity contribution >= 4 is 11.8 Å². The normalized spacial score (nSPS) is 28.9. The van der Waals surface area contributed by atoms with Crippen LogP contribution in [0.1, 0.15) is 43.4 Å². The fourth-order valence-corrected chi connectivity index (χ4v) is 5.03. The van der Waals surface area contributed by atoms with Gasteiger partial charge in [-0.1, -0.05) is 26.0 Å². The molecule has 3 aliphatic heterocycles. The summed E-state index contributed by atoms with van der Waals surface area (Å²) in [5, 5.41) is 0. The minimum absolute atomic E-state index is 0.0144. The lowest BCUT2D eigenvalue weighted by molar-refractivity contribution is -0.142. The van der Waals surface area contributed by atoms with E-state index in [0.717, 1.165) is 22.4 Å². The number of carbonyl (C=O) groups is 2. The van der Waals surface area contributed by atoms with Gasteiger partial charge in [0.25, 0.3) is 5.91 Å². The summed E-state index contributed by atoms with van der Waals surface area (Å²) in [6.07, 6.45) is 1.03. The maximum atomic E-state index is 13.0. The summed E-state index contributed by atoms with van der Waals surface area (Å²) in [5.41, 5.74) is 2.60. The van der Waals surface area contributed by atoms with Crippen molar-refractivity contribution in [2.24, 2.45) is 5.92 Å². The van der Waals surface area contributed by atoms with Gasteiger partial charge in [0.2, 0.25) is 5.91 Å². The number of likely N-dealkylation sites (tertiary alicyclic amines) is 1. The third-order valence-electron chi connectivity index (χ3n) is 6.79. The molecule has 2 amide bonds. The van der Waals surface area contributed by atoms with Crippen molar-refractivity contribution in [3.8, 4) is 5.75 Å². The molecular formula is C22H30N2O4. The lowest BCUT2D eigenvalue weighted by atomic mass is 10.0. The molecule has 6 heteroatoms. The molecular weight excluding hydrogens is 356 g/mol. The van der Waals surface area contributed by atoms with Crippen LogP contribution in [0, 0.1) is 26.7 Å². The van der Waals surface area contributed by atoms with Crippen molar-refractivity contribution in [3.63, 3.8) is 0 Å². The minimum Gasteiger partial charge on any atom is -0.483 e. The predicted octanol–water partition coefficient (Wildman–Crippen LogP) is 2.57.